The molecule has 3 rings (SSSR count). The Labute approximate surface area is 177 Å². The molecule has 0 aliphatic carbocycles. The van der Waals surface area contributed by atoms with Crippen molar-refractivity contribution in [1.82, 2.24) is 20.0 Å². The number of nitrogens with one attached hydrogen (secondary N) is 1. The highest BCUT2D eigenvalue weighted by Gasteiger charge is 2.19. The number of rotatable bonds is 5. The van der Waals surface area contributed by atoms with Gasteiger partial charge in [-0.3, -0.25) is 9.67 Å². The first-order valence-corrected chi connectivity index (χ1v) is 9.15. The lowest BCUT2D eigenvalue weighted by molar-refractivity contribution is 0.372. The molecule has 0 bridgehead atoms. The number of piperazine rings is 1. The monoisotopic (exact) mass is 488 g/mol. The van der Waals surface area contributed by atoms with Crippen molar-refractivity contribution in [3.05, 3.63) is 47.7 Å². The molecule has 2 aromatic rings. The topological polar surface area (TPSA) is 48.7 Å². The first kappa shape index (κ1) is 20.8. The molecule has 0 radical (unpaired) electrons. The van der Waals surface area contributed by atoms with Gasteiger partial charge in [-0.15, -0.1) is 24.0 Å². The fraction of sp³-hybridized carbons (Fsp3) is 0.444. The first-order valence-electron chi connectivity index (χ1n) is 8.77. The summed E-state index contributed by atoms with van der Waals surface area (Å²) in [6, 6.07) is 10.00. The van der Waals surface area contributed by atoms with Gasteiger partial charge in [0.25, 0.3) is 0 Å². The van der Waals surface area contributed by atoms with Gasteiger partial charge in [0.05, 0.1) is 13.1 Å². The number of hydrogen-bond donors (Lipinski definition) is 1. The predicted molar refractivity (Wildman–Crippen MR) is 119 cm³/mol. The summed E-state index contributed by atoms with van der Waals surface area (Å²) in [6.07, 6.45) is 3.76. The maximum Gasteiger partial charge on any atom is 0.194 e. The summed E-state index contributed by atoms with van der Waals surface area (Å²) in [5.41, 5.74) is 1.19. The third-order valence-electron chi connectivity index (χ3n) is 4.24. The zero-order valence-electron chi connectivity index (χ0n) is 15.0. The van der Waals surface area contributed by atoms with Crippen molar-refractivity contribution < 1.29 is 0 Å². The van der Waals surface area contributed by atoms with Gasteiger partial charge in [-0.1, -0.05) is 17.7 Å². The van der Waals surface area contributed by atoms with Gasteiger partial charge >= 0.3 is 0 Å². The zero-order valence-corrected chi connectivity index (χ0v) is 18.1. The van der Waals surface area contributed by atoms with Crippen LogP contribution in [-0.2, 0) is 6.54 Å². The zero-order chi connectivity index (χ0) is 17.5. The van der Waals surface area contributed by atoms with Crippen molar-refractivity contribution in [2.24, 2.45) is 4.99 Å². The molecule has 1 aliphatic rings. The highest BCUT2D eigenvalue weighted by Crippen LogP contribution is 2.20. The van der Waals surface area contributed by atoms with Gasteiger partial charge < -0.3 is 15.1 Å². The van der Waals surface area contributed by atoms with Crippen molar-refractivity contribution in [1.29, 1.82) is 0 Å². The number of aromatic nitrogens is 2. The minimum absolute atomic E-state index is 0. The molecule has 8 heteroatoms. The van der Waals surface area contributed by atoms with Crippen LogP contribution in [0.5, 0.6) is 0 Å². The van der Waals surface area contributed by atoms with E-state index in [4.69, 9.17) is 16.6 Å². The lowest BCUT2D eigenvalue weighted by atomic mass is 10.2. The Morgan fingerprint density at radius 2 is 2.04 bits per heavy atom. The maximum atomic E-state index is 6.11. The Morgan fingerprint density at radius 1 is 1.23 bits per heavy atom. The van der Waals surface area contributed by atoms with E-state index in [0.717, 1.165) is 56.8 Å². The van der Waals surface area contributed by atoms with E-state index in [-0.39, 0.29) is 24.0 Å². The van der Waals surface area contributed by atoms with E-state index in [1.54, 1.807) is 6.20 Å². The van der Waals surface area contributed by atoms with E-state index in [1.165, 1.54) is 5.69 Å². The van der Waals surface area contributed by atoms with Crippen LogP contribution in [0.15, 0.2) is 47.7 Å². The Morgan fingerprint density at radius 3 is 2.69 bits per heavy atom. The Balaban J connectivity index is 0.00000243. The van der Waals surface area contributed by atoms with E-state index in [9.17, 15) is 0 Å². The van der Waals surface area contributed by atoms with Crippen molar-refractivity contribution in [3.63, 3.8) is 0 Å². The molecule has 1 N–H and O–H groups in total. The number of benzene rings is 1. The summed E-state index contributed by atoms with van der Waals surface area (Å²) in [6.45, 7) is 8.30. The predicted octanol–water partition coefficient (Wildman–Crippen LogP) is 2.94. The summed E-state index contributed by atoms with van der Waals surface area (Å²) >= 11 is 6.11. The van der Waals surface area contributed by atoms with Gasteiger partial charge in [0.15, 0.2) is 5.96 Å². The van der Waals surface area contributed by atoms with Gasteiger partial charge in [0.1, 0.15) is 0 Å². The number of guanidine groups is 1. The molecular weight excluding hydrogens is 463 g/mol. The first-order chi connectivity index (χ1) is 12.3. The molecule has 2 heterocycles. The molecule has 0 unspecified atom stereocenters. The number of nitrogens with zero attached hydrogens (tertiary/aromatic N) is 5. The number of aliphatic imine (C=N–C) groups is 1. The molecule has 0 amide bonds. The van der Waals surface area contributed by atoms with E-state index in [0.29, 0.717) is 0 Å². The minimum Gasteiger partial charge on any atom is -0.368 e. The molecule has 6 nitrogen and oxygen atoms in total. The summed E-state index contributed by atoms with van der Waals surface area (Å²) in [5.74, 6) is 0.986. The smallest absolute Gasteiger partial charge is 0.194 e. The Hall–Kier alpha value is -1.48. The van der Waals surface area contributed by atoms with Crippen molar-refractivity contribution in [2.75, 3.05) is 44.2 Å². The van der Waals surface area contributed by atoms with E-state index in [1.807, 2.05) is 35.1 Å². The van der Waals surface area contributed by atoms with Crippen LogP contribution in [0.1, 0.15) is 6.92 Å². The van der Waals surface area contributed by atoms with Crippen LogP contribution in [0.3, 0.4) is 0 Å². The molecule has 142 valence electrons. The molecule has 1 fully saturated rings. The summed E-state index contributed by atoms with van der Waals surface area (Å²) in [7, 11) is 0. The lowest BCUT2D eigenvalue weighted by Crippen LogP contribution is -2.52. The number of anilines is 1. The molecule has 1 saturated heterocycles. The van der Waals surface area contributed by atoms with Crippen LogP contribution in [0, 0.1) is 0 Å². The summed E-state index contributed by atoms with van der Waals surface area (Å²) < 4.78 is 1.91. The fourth-order valence-electron chi connectivity index (χ4n) is 2.97. The molecule has 26 heavy (non-hydrogen) atoms. The fourth-order valence-corrected chi connectivity index (χ4v) is 3.15. The van der Waals surface area contributed by atoms with Crippen LogP contribution >= 0.6 is 35.6 Å². The molecular formula is C18H26ClIN6. The average Bonchev–Trinajstić information content (AvgIpc) is 3.15. The Kier molecular flexibility index (Phi) is 8.50. The van der Waals surface area contributed by atoms with Gasteiger partial charge in [0.2, 0.25) is 0 Å². The molecule has 0 atom stereocenters. The van der Waals surface area contributed by atoms with Gasteiger partial charge in [0, 0.05) is 55.8 Å². The molecule has 0 spiro atoms. The van der Waals surface area contributed by atoms with Gasteiger partial charge in [-0.2, -0.15) is 5.10 Å². The second kappa shape index (κ2) is 10.6. The van der Waals surface area contributed by atoms with E-state index in [2.05, 4.69) is 33.2 Å². The number of hydrogen-bond acceptors (Lipinski definition) is 3. The average molecular weight is 489 g/mol. The van der Waals surface area contributed by atoms with Crippen LogP contribution in [0.25, 0.3) is 0 Å². The molecule has 0 saturated carbocycles. The second-order valence-electron chi connectivity index (χ2n) is 5.96. The largest absolute Gasteiger partial charge is 0.368 e. The van der Waals surface area contributed by atoms with Crippen molar-refractivity contribution >= 4 is 47.2 Å². The molecule has 1 aromatic carbocycles. The van der Waals surface area contributed by atoms with Crippen LogP contribution < -0.4 is 10.2 Å². The normalized spacial score (nSPS) is 14.9. The highest BCUT2D eigenvalue weighted by atomic mass is 127. The van der Waals surface area contributed by atoms with Gasteiger partial charge in [-0.05, 0) is 31.2 Å². The van der Waals surface area contributed by atoms with Crippen molar-refractivity contribution in [3.8, 4) is 0 Å². The molecule has 1 aromatic heterocycles. The van der Waals surface area contributed by atoms with Crippen LogP contribution in [-0.4, -0.2) is 59.9 Å². The Bertz CT molecular complexity index is 683. The minimum atomic E-state index is 0. The third kappa shape index (κ3) is 5.77. The van der Waals surface area contributed by atoms with Crippen molar-refractivity contribution in [2.45, 2.75) is 13.5 Å². The maximum absolute atomic E-state index is 6.11. The summed E-state index contributed by atoms with van der Waals surface area (Å²) in [5, 5.41) is 8.41. The number of halogens is 2. The van der Waals surface area contributed by atoms with Crippen LogP contribution in [0.4, 0.5) is 5.69 Å². The van der Waals surface area contributed by atoms with E-state index >= 15 is 0 Å². The highest BCUT2D eigenvalue weighted by molar-refractivity contribution is 14.0. The SMILES string of the molecule is CCNC(=NCCn1cccn1)N1CCN(c2cccc(Cl)c2)CC1.I. The quantitative estimate of drug-likeness (QED) is 0.399. The lowest BCUT2D eigenvalue weighted by Gasteiger charge is -2.37. The van der Waals surface area contributed by atoms with E-state index < -0.39 is 0 Å². The standard InChI is InChI=1S/C18H25ClN6.HI/c1-2-20-18(21-8-10-25-9-4-7-22-25)24-13-11-23(12-14-24)17-6-3-5-16(19)15-17;/h3-7,9,15H,2,8,10-14H2,1H3,(H,20,21);1H. The van der Waals surface area contributed by atoms with Crippen LogP contribution in [0.2, 0.25) is 5.02 Å². The molecule has 1 aliphatic heterocycles. The van der Waals surface area contributed by atoms with Gasteiger partial charge in [-0.25, -0.2) is 0 Å². The third-order valence-corrected chi connectivity index (χ3v) is 4.47. The summed E-state index contributed by atoms with van der Waals surface area (Å²) in [4.78, 5) is 9.45. The second-order valence-corrected chi connectivity index (χ2v) is 6.40.